The minimum atomic E-state index is -0.0226. The highest BCUT2D eigenvalue weighted by Gasteiger charge is 2.27. The topological polar surface area (TPSA) is 59.1 Å². The molecule has 1 fully saturated rings. The molecule has 0 bridgehead atoms. The largest absolute Gasteiger partial charge is 0.486 e. The Morgan fingerprint density at radius 3 is 2.48 bits per heavy atom. The second-order valence-corrected chi connectivity index (χ2v) is 6.57. The average Bonchev–Trinajstić information content (AvgIpc) is 2.65. The molecule has 25 heavy (non-hydrogen) atoms. The molecule has 0 aliphatic carbocycles. The molecule has 134 valence electrons. The normalized spacial score (nSPS) is 17.6. The van der Waals surface area contributed by atoms with Crippen LogP contribution < -0.4 is 9.47 Å². The van der Waals surface area contributed by atoms with Gasteiger partial charge in [0.15, 0.2) is 11.5 Å². The molecule has 0 N–H and O–H groups in total. The van der Waals surface area contributed by atoms with E-state index >= 15 is 0 Å². The van der Waals surface area contributed by atoms with Crippen molar-refractivity contribution in [1.82, 2.24) is 9.80 Å². The lowest BCUT2D eigenvalue weighted by Crippen LogP contribution is -2.42. The van der Waals surface area contributed by atoms with Crippen molar-refractivity contribution in [2.75, 3.05) is 40.4 Å². The van der Waals surface area contributed by atoms with Crippen LogP contribution in [0.4, 0.5) is 0 Å². The van der Waals surface area contributed by atoms with Gasteiger partial charge in [0.25, 0.3) is 0 Å². The zero-order valence-electron chi connectivity index (χ0n) is 14.7. The zero-order chi connectivity index (χ0) is 17.8. The van der Waals surface area contributed by atoms with E-state index in [9.17, 15) is 9.59 Å². The molecular formula is C19H24N2O4. The highest BCUT2D eigenvalue weighted by molar-refractivity contribution is 5.92. The maximum atomic E-state index is 12.4. The first-order chi connectivity index (χ1) is 12.0. The second-order valence-electron chi connectivity index (χ2n) is 6.57. The Morgan fingerprint density at radius 2 is 1.80 bits per heavy atom. The zero-order valence-corrected chi connectivity index (χ0v) is 14.7. The van der Waals surface area contributed by atoms with Crippen molar-refractivity contribution in [3.8, 4) is 11.5 Å². The van der Waals surface area contributed by atoms with Gasteiger partial charge < -0.3 is 19.3 Å². The molecule has 1 saturated heterocycles. The van der Waals surface area contributed by atoms with E-state index in [-0.39, 0.29) is 17.7 Å². The molecule has 0 saturated carbocycles. The fourth-order valence-electron chi connectivity index (χ4n) is 3.15. The standard InChI is InChI=1S/C19H24N2O4/c1-20(2)19(23)15-7-9-21(10-8-15)18(22)6-4-14-3-5-16-17(13-14)25-12-11-24-16/h3-6,13,15H,7-12H2,1-2H3. The van der Waals surface area contributed by atoms with E-state index in [1.54, 1.807) is 36.0 Å². The highest BCUT2D eigenvalue weighted by atomic mass is 16.6. The molecule has 2 aliphatic heterocycles. The van der Waals surface area contributed by atoms with Gasteiger partial charge in [-0.1, -0.05) is 6.07 Å². The molecule has 1 aromatic carbocycles. The Kier molecular flexibility index (Phi) is 5.26. The van der Waals surface area contributed by atoms with Gasteiger partial charge in [-0.3, -0.25) is 9.59 Å². The number of amides is 2. The van der Waals surface area contributed by atoms with Gasteiger partial charge in [0.2, 0.25) is 11.8 Å². The number of likely N-dealkylation sites (tertiary alicyclic amines) is 1. The number of hydrogen-bond donors (Lipinski definition) is 0. The van der Waals surface area contributed by atoms with E-state index < -0.39 is 0 Å². The summed E-state index contributed by atoms with van der Waals surface area (Å²) < 4.78 is 11.0. The summed E-state index contributed by atoms with van der Waals surface area (Å²) >= 11 is 0. The molecular weight excluding hydrogens is 320 g/mol. The Bertz CT molecular complexity index is 676. The molecule has 1 aromatic rings. The van der Waals surface area contributed by atoms with Gasteiger partial charge >= 0.3 is 0 Å². The second kappa shape index (κ2) is 7.59. The number of nitrogens with zero attached hydrogens (tertiary/aromatic N) is 2. The molecule has 0 unspecified atom stereocenters. The van der Waals surface area contributed by atoms with Crippen molar-refractivity contribution in [3.05, 3.63) is 29.8 Å². The van der Waals surface area contributed by atoms with E-state index in [1.165, 1.54) is 0 Å². The van der Waals surface area contributed by atoms with Crippen molar-refractivity contribution in [1.29, 1.82) is 0 Å². The van der Waals surface area contributed by atoms with Gasteiger partial charge in [0.05, 0.1) is 0 Å². The first kappa shape index (κ1) is 17.3. The fourth-order valence-corrected chi connectivity index (χ4v) is 3.15. The van der Waals surface area contributed by atoms with Gasteiger partial charge in [-0.25, -0.2) is 0 Å². The average molecular weight is 344 g/mol. The van der Waals surface area contributed by atoms with Crippen molar-refractivity contribution in [2.45, 2.75) is 12.8 Å². The molecule has 6 heteroatoms. The van der Waals surface area contributed by atoms with Gasteiger partial charge in [-0.05, 0) is 36.6 Å². The number of benzene rings is 1. The van der Waals surface area contributed by atoms with Crippen LogP contribution in [0.2, 0.25) is 0 Å². The summed E-state index contributed by atoms with van der Waals surface area (Å²) in [4.78, 5) is 27.8. The Balaban J connectivity index is 1.56. The third-order valence-corrected chi connectivity index (χ3v) is 4.58. The van der Waals surface area contributed by atoms with E-state index in [4.69, 9.17) is 9.47 Å². The SMILES string of the molecule is CN(C)C(=O)C1CCN(C(=O)C=Cc2ccc3c(c2)OCCO3)CC1. The number of fused-ring (bicyclic) bond motifs is 1. The van der Waals surface area contributed by atoms with E-state index in [0.29, 0.717) is 32.1 Å². The van der Waals surface area contributed by atoms with Gasteiger partial charge in [0, 0.05) is 39.2 Å². The van der Waals surface area contributed by atoms with Crippen molar-refractivity contribution >= 4 is 17.9 Å². The minimum Gasteiger partial charge on any atom is -0.486 e. The third kappa shape index (κ3) is 4.13. The molecule has 0 atom stereocenters. The van der Waals surface area contributed by atoms with Crippen LogP contribution in [0.15, 0.2) is 24.3 Å². The number of rotatable bonds is 3. The molecule has 0 radical (unpaired) electrons. The first-order valence-corrected chi connectivity index (χ1v) is 8.62. The number of carbonyl (C=O) groups is 2. The van der Waals surface area contributed by atoms with Crippen LogP contribution >= 0.6 is 0 Å². The predicted molar refractivity (Wildman–Crippen MR) is 94.5 cm³/mol. The lowest BCUT2D eigenvalue weighted by atomic mass is 9.95. The quantitative estimate of drug-likeness (QED) is 0.785. The summed E-state index contributed by atoms with van der Waals surface area (Å²) in [5, 5.41) is 0. The molecule has 6 nitrogen and oxygen atoms in total. The smallest absolute Gasteiger partial charge is 0.246 e. The summed E-state index contributed by atoms with van der Waals surface area (Å²) in [6.07, 6.45) is 4.82. The van der Waals surface area contributed by atoms with Crippen LogP contribution in [0.1, 0.15) is 18.4 Å². The molecule has 2 aliphatic rings. The highest BCUT2D eigenvalue weighted by Crippen LogP contribution is 2.31. The number of carbonyl (C=O) groups excluding carboxylic acids is 2. The monoisotopic (exact) mass is 344 g/mol. The summed E-state index contributed by atoms with van der Waals surface area (Å²) in [5.41, 5.74) is 0.898. The Morgan fingerprint density at radius 1 is 1.12 bits per heavy atom. The van der Waals surface area contributed by atoms with Crippen LogP contribution in [0, 0.1) is 5.92 Å². The predicted octanol–water partition coefficient (Wildman–Crippen LogP) is 1.80. The summed E-state index contributed by atoms with van der Waals surface area (Å²) in [6, 6.07) is 5.64. The Hall–Kier alpha value is -2.50. The van der Waals surface area contributed by atoms with Gasteiger partial charge in [0.1, 0.15) is 13.2 Å². The van der Waals surface area contributed by atoms with Crippen LogP contribution in [0.25, 0.3) is 6.08 Å². The van der Waals surface area contributed by atoms with Crippen LogP contribution in [-0.2, 0) is 9.59 Å². The summed E-state index contributed by atoms with van der Waals surface area (Å²) in [7, 11) is 3.55. The summed E-state index contributed by atoms with van der Waals surface area (Å²) in [6.45, 7) is 2.34. The maximum Gasteiger partial charge on any atom is 0.246 e. The molecule has 2 heterocycles. The maximum absolute atomic E-state index is 12.4. The van der Waals surface area contributed by atoms with E-state index in [0.717, 1.165) is 24.2 Å². The van der Waals surface area contributed by atoms with Crippen molar-refractivity contribution in [3.63, 3.8) is 0 Å². The van der Waals surface area contributed by atoms with Gasteiger partial charge in [-0.15, -0.1) is 0 Å². The third-order valence-electron chi connectivity index (χ3n) is 4.58. The van der Waals surface area contributed by atoms with Crippen LogP contribution in [0.5, 0.6) is 11.5 Å². The fraction of sp³-hybridized carbons (Fsp3) is 0.474. The number of piperidine rings is 1. The van der Waals surface area contributed by atoms with E-state index in [1.807, 2.05) is 18.2 Å². The Labute approximate surface area is 148 Å². The molecule has 0 spiro atoms. The minimum absolute atomic E-state index is 0.0226. The number of hydrogen-bond acceptors (Lipinski definition) is 4. The lowest BCUT2D eigenvalue weighted by Gasteiger charge is -2.31. The molecule has 0 aromatic heterocycles. The van der Waals surface area contributed by atoms with Crippen LogP contribution in [0.3, 0.4) is 0 Å². The van der Waals surface area contributed by atoms with E-state index in [2.05, 4.69) is 0 Å². The molecule has 2 amide bonds. The van der Waals surface area contributed by atoms with Crippen molar-refractivity contribution in [2.24, 2.45) is 5.92 Å². The van der Waals surface area contributed by atoms with Gasteiger partial charge in [-0.2, -0.15) is 0 Å². The summed E-state index contributed by atoms with van der Waals surface area (Å²) in [5.74, 6) is 1.61. The van der Waals surface area contributed by atoms with Crippen LogP contribution in [-0.4, -0.2) is 62.0 Å². The number of ether oxygens (including phenoxy) is 2. The molecule has 3 rings (SSSR count). The first-order valence-electron chi connectivity index (χ1n) is 8.62. The van der Waals surface area contributed by atoms with Crippen molar-refractivity contribution < 1.29 is 19.1 Å². The lowest BCUT2D eigenvalue weighted by molar-refractivity contribution is -0.137.